The first-order valence-corrected chi connectivity index (χ1v) is 4.99. The van der Waals surface area contributed by atoms with Crippen LogP contribution in [-0.4, -0.2) is 23.4 Å². The fourth-order valence-corrected chi connectivity index (χ4v) is 1.04. The van der Waals surface area contributed by atoms with E-state index in [1.54, 1.807) is 0 Å². The van der Waals surface area contributed by atoms with Crippen LogP contribution in [0.5, 0.6) is 0 Å². The second kappa shape index (κ2) is 4.72. The lowest BCUT2D eigenvalue weighted by Crippen LogP contribution is -2.33. The van der Waals surface area contributed by atoms with E-state index in [9.17, 15) is 0 Å². The summed E-state index contributed by atoms with van der Waals surface area (Å²) in [5.41, 5.74) is -0.761. The maximum Gasteiger partial charge on any atom is 0.164 e. The molecule has 0 spiro atoms. The van der Waals surface area contributed by atoms with Crippen LogP contribution < -0.4 is 0 Å². The van der Waals surface area contributed by atoms with Crippen LogP contribution in [0.15, 0.2) is 9.98 Å². The number of hydrogen-bond acceptors (Lipinski definition) is 3. The van der Waals surface area contributed by atoms with E-state index in [-0.39, 0.29) is 11.6 Å². The average Bonchev–Trinajstić information content (AvgIpc) is 1.78. The predicted molar refractivity (Wildman–Crippen MR) is 59.9 cm³/mol. The Bertz CT molecular complexity index is 230. The van der Waals surface area contributed by atoms with Crippen LogP contribution in [0.3, 0.4) is 0 Å². The molecule has 0 aromatic heterocycles. The number of ether oxygens (including phenoxy) is 1. The molecule has 0 aromatic rings. The van der Waals surface area contributed by atoms with E-state index < -0.39 is 5.72 Å². The molecule has 0 saturated heterocycles. The van der Waals surface area contributed by atoms with Gasteiger partial charge in [-0.05, 0) is 48.5 Å². The second-order valence-electron chi connectivity index (χ2n) is 5.10. The zero-order chi connectivity index (χ0) is 11.4. The Morgan fingerprint density at radius 2 is 1.57 bits per heavy atom. The van der Waals surface area contributed by atoms with Gasteiger partial charge in [0.15, 0.2) is 5.72 Å². The summed E-state index contributed by atoms with van der Waals surface area (Å²) in [6, 6.07) is 2.90. The van der Waals surface area contributed by atoms with Crippen LogP contribution >= 0.6 is 0 Å². The number of nitrogens with zero attached hydrogens (tertiary/aromatic N) is 2. The summed E-state index contributed by atoms with van der Waals surface area (Å²) in [4.78, 5) is 8.19. The predicted octanol–water partition coefficient (Wildman–Crippen LogP) is 3.12. The van der Waals surface area contributed by atoms with Crippen LogP contribution in [0, 0.1) is 0 Å². The highest BCUT2D eigenvalue weighted by atomic mass is 16.5. The van der Waals surface area contributed by atoms with E-state index >= 15 is 0 Å². The summed E-state index contributed by atoms with van der Waals surface area (Å²) in [7, 11) is 0. The largest absolute Gasteiger partial charge is 0.348 e. The molecule has 82 valence electrons. The number of aliphatic imine (C=N–C) groups is 2. The number of rotatable bonds is 3. The third kappa shape index (κ3) is 7.96. The van der Waals surface area contributed by atoms with Crippen molar-refractivity contribution in [1.82, 2.24) is 0 Å². The van der Waals surface area contributed by atoms with Gasteiger partial charge in [0.05, 0.1) is 17.7 Å². The molecule has 0 aliphatic carbocycles. The minimum atomic E-state index is -0.559. The molecule has 0 unspecified atom stereocenters. The van der Waals surface area contributed by atoms with Crippen molar-refractivity contribution in [1.29, 1.82) is 0 Å². The molecule has 0 N–H and O–H groups in total. The van der Waals surface area contributed by atoms with E-state index in [2.05, 4.69) is 16.0 Å². The van der Waals surface area contributed by atoms with Gasteiger partial charge in [0.1, 0.15) is 0 Å². The van der Waals surface area contributed by atoms with Crippen LogP contribution in [-0.2, 0) is 4.74 Å². The summed E-state index contributed by atoms with van der Waals surface area (Å²) in [6.07, 6.45) is 0. The maximum absolute atomic E-state index is 5.72. The van der Waals surface area contributed by atoms with Crippen molar-refractivity contribution >= 4 is 6.01 Å². The van der Waals surface area contributed by atoms with Gasteiger partial charge in [-0.3, -0.25) is 0 Å². The maximum atomic E-state index is 5.72. The summed E-state index contributed by atoms with van der Waals surface area (Å²) in [5.74, 6) is 0. The molecular formula is C11H22N2O. The summed E-state index contributed by atoms with van der Waals surface area (Å²) in [6.45, 7) is 13.8. The Kier molecular flexibility index (Phi) is 4.50. The van der Waals surface area contributed by atoms with E-state index in [1.165, 1.54) is 0 Å². The normalized spacial score (nSPS) is 12.6. The second-order valence-corrected chi connectivity index (χ2v) is 5.10. The first-order chi connectivity index (χ1) is 6.12. The molecule has 0 amide bonds. The highest BCUT2D eigenvalue weighted by Crippen LogP contribution is 2.19. The Labute approximate surface area is 87.3 Å². The Morgan fingerprint density at radius 1 is 1.07 bits per heavy atom. The van der Waals surface area contributed by atoms with E-state index in [4.69, 9.17) is 4.74 Å². The van der Waals surface area contributed by atoms with Crippen molar-refractivity contribution in [3.8, 4) is 0 Å². The molecule has 0 saturated carbocycles. The van der Waals surface area contributed by atoms with E-state index in [0.29, 0.717) is 0 Å². The van der Waals surface area contributed by atoms with Crippen molar-refractivity contribution < 1.29 is 4.74 Å². The summed E-state index contributed by atoms with van der Waals surface area (Å²) in [5, 5.41) is 0. The molecule has 0 radical (unpaired) electrons. The minimum Gasteiger partial charge on any atom is -0.348 e. The molecule has 0 bridgehead atoms. The van der Waals surface area contributed by atoms with E-state index in [0.717, 1.165) is 0 Å². The lowest BCUT2D eigenvalue weighted by Gasteiger charge is -2.29. The van der Waals surface area contributed by atoms with Crippen molar-refractivity contribution in [2.75, 3.05) is 0 Å². The van der Waals surface area contributed by atoms with Gasteiger partial charge >= 0.3 is 0 Å². The lowest BCUT2D eigenvalue weighted by atomic mass is 10.1. The van der Waals surface area contributed by atoms with Gasteiger partial charge in [-0.2, -0.15) is 4.99 Å². The standard InChI is InChI=1S/C11H22N2O/c1-9(2)12-8-13-11(6,7)14-10(3,4)5/h9H,1-7H3. The first-order valence-electron chi connectivity index (χ1n) is 4.99. The molecule has 0 aliphatic heterocycles. The highest BCUT2D eigenvalue weighted by molar-refractivity contribution is 5.42. The van der Waals surface area contributed by atoms with Gasteiger partial charge < -0.3 is 4.74 Å². The average molecular weight is 198 g/mol. The van der Waals surface area contributed by atoms with Gasteiger partial charge in [-0.1, -0.05) is 0 Å². The zero-order valence-corrected chi connectivity index (χ0v) is 10.4. The molecule has 0 atom stereocenters. The molecule has 0 aromatic carbocycles. The molecule has 0 heterocycles. The van der Waals surface area contributed by atoms with Crippen molar-refractivity contribution in [2.24, 2.45) is 9.98 Å². The quantitative estimate of drug-likeness (QED) is 0.641. The molecular weight excluding hydrogens is 176 g/mol. The van der Waals surface area contributed by atoms with E-state index in [1.807, 2.05) is 48.5 Å². The summed E-state index contributed by atoms with van der Waals surface area (Å²) >= 11 is 0. The SMILES string of the molecule is CC(C)N=C=NC(C)(C)OC(C)(C)C. The minimum absolute atomic E-state index is 0.202. The lowest BCUT2D eigenvalue weighted by molar-refractivity contribution is -0.107. The molecule has 3 nitrogen and oxygen atoms in total. The molecule has 0 fully saturated rings. The van der Waals surface area contributed by atoms with Crippen LogP contribution in [0.4, 0.5) is 0 Å². The van der Waals surface area contributed by atoms with Crippen molar-refractivity contribution in [3.63, 3.8) is 0 Å². The van der Waals surface area contributed by atoms with Crippen LogP contribution in [0.25, 0.3) is 0 Å². The topological polar surface area (TPSA) is 34.0 Å². The van der Waals surface area contributed by atoms with Gasteiger partial charge in [-0.15, -0.1) is 0 Å². The summed E-state index contributed by atoms with van der Waals surface area (Å²) < 4.78 is 5.72. The molecule has 0 rings (SSSR count). The Hall–Kier alpha value is -0.660. The van der Waals surface area contributed by atoms with Gasteiger partial charge in [-0.25, -0.2) is 4.99 Å². The molecule has 14 heavy (non-hydrogen) atoms. The van der Waals surface area contributed by atoms with Crippen LogP contribution in [0.1, 0.15) is 48.5 Å². The third-order valence-corrected chi connectivity index (χ3v) is 1.19. The van der Waals surface area contributed by atoms with Crippen LogP contribution in [0.2, 0.25) is 0 Å². The fraction of sp³-hybridized carbons (Fsp3) is 0.909. The van der Waals surface area contributed by atoms with Gasteiger partial charge in [0, 0.05) is 0 Å². The Morgan fingerprint density at radius 3 is 1.93 bits per heavy atom. The highest BCUT2D eigenvalue weighted by Gasteiger charge is 2.24. The molecule has 0 aliphatic rings. The van der Waals surface area contributed by atoms with Crippen molar-refractivity contribution in [2.45, 2.75) is 65.8 Å². The fourth-order valence-electron chi connectivity index (χ4n) is 1.04. The first kappa shape index (κ1) is 13.3. The third-order valence-electron chi connectivity index (χ3n) is 1.19. The Balaban J connectivity index is 4.42. The zero-order valence-electron chi connectivity index (χ0n) is 10.4. The monoisotopic (exact) mass is 198 g/mol. The number of hydrogen-bond donors (Lipinski definition) is 0. The molecule has 3 heteroatoms. The van der Waals surface area contributed by atoms with Crippen molar-refractivity contribution in [3.05, 3.63) is 0 Å². The van der Waals surface area contributed by atoms with Gasteiger partial charge in [0.2, 0.25) is 0 Å². The smallest absolute Gasteiger partial charge is 0.164 e. The van der Waals surface area contributed by atoms with Gasteiger partial charge in [0.25, 0.3) is 0 Å².